The summed E-state index contributed by atoms with van der Waals surface area (Å²) in [6.45, 7) is 4.92. The van der Waals surface area contributed by atoms with Gasteiger partial charge < -0.3 is 10.6 Å². The van der Waals surface area contributed by atoms with Crippen LogP contribution in [-0.2, 0) is 0 Å². The summed E-state index contributed by atoms with van der Waals surface area (Å²) in [6.07, 6.45) is 1.72. The number of aromatic amines is 1. The van der Waals surface area contributed by atoms with Gasteiger partial charge >= 0.3 is 0 Å². The first-order valence-corrected chi connectivity index (χ1v) is 6.50. The van der Waals surface area contributed by atoms with Gasteiger partial charge in [-0.1, -0.05) is 17.7 Å². The zero-order valence-corrected chi connectivity index (χ0v) is 11.5. The minimum absolute atomic E-state index is 0.238. The Labute approximate surface area is 116 Å². The second-order valence-corrected chi connectivity index (χ2v) is 4.62. The average Bonchev–Trinajstić information content (AvgIpc) is 2.89. The van der Waals surface area contributed by atoms with Crippen molar-refractivity contribution < 1.29 is 0 Å². The summed E-state index contributed by atoms with van der Waals surface area (Å²) in [4.78, 5) is 10.6. The summed E-state index contributed by atoms with van der Waals surface area (Å²) < 4.78 is 0. The molecule has 0 aliphatic rings. The number of H-pyrrole nitrogens is 1. The summed E-state index contributed by atoms with van der Waals surface area (Å²) in [5.74, 6) is 1.01. The molecule has 102 valence electrons. The molecule has 1 aromatic carbocycles. The molecule has 3 rings (SSSR count). The van der Waals surface area contributed by atoms with E-state index in [1.165, 1.54) is 5.56 Å². The maximum atomic E-state index is 5.78. The molecule has 20 heavy (non-hydrogen) atoms. The lowest BCUT2D eigenvalue weighted by molar-refractivity contribution is 0.992. The highest BCUT2D eigenvalue weighted by Crippen LogP contribution is 2.29. The number of rotatable bonds is 3. The van der Waals surface area contributed by atoms with Crippen LogP contribution < -0.4 is 10.6 Å². The Morgan fingerprint density at radius 2 is 1.95 bits per heavy atom. The first kappa shape index (κ1) is 12.4. The molecule has 3 aromatic rings. The van der Waals surface area contributed by atoms with Crippen LogP contribution in [-0.4, -0.2) is 26.7 Å². The number of anilines is 3. The number of nitrogens with one attached hydrogen (secondary N) is 1. The molecule has 0 fully saturated rings. The SMILES string of the molecule is CCN(c1ccc(C)cc1)c1nc(N)nc2[nH]ncc12. The fraction of sp³-hybridized carbons (Fsp3) is 0.214. The fourth-order valence-electron chi connectivity index (χ4n) is 2.22. The Kier molecular flexibility index (Phi) is 2.98. The predicted octanol–water partition coefficient (Wildman–Crippen LogP) is 2.40. The van der Waals surface area contributed by atoms with E-state index in [1.807, 2.05) is 0 Å². The lowest BCUT2D eigenvalue weighted by atomic mass is 10.2. The fourth-order valence-corrected chi connectivity index (χ4v) is 2.22. The molecule has 0 aliphatic heterocycles. The molecule has 2 heterocycles. The Morgan fingerprint density at radius 3 is 2.65 bits per heavy atom. The van der Waals surface area contributed by atoms with Gasteiger partial charge in [-0.05, 0) is 26.0 Å². The monoisotopic (exact) mass is 268 g/mol. The molecule has 6 nitrogen and oxygen atoms in total. The van der Waals surface area contributed by atoms with E-state index in [2.05, 4.69) is 63.2 Å². The predicted molar refractivity (Wildman–Crippen MR) is 80.0 cm³/mol. The maximum Gasteiger partial charge on any atom is 0.224 e. The van der Waals surface area contributed by atoms with E-state index in [4.69, 9.17) is 5.73 Å². The normalized spacial score (nSPS) is 10.9. The summed E-state index contributed by atoms with van der Waals surface area (Å²) in [6, 6.07) is 8.30. The number of hydrogen-bond acceptors (Lipinski definition) is 5. The number of aromatic nitrogens is 4. The van der Waals surface area contributed by atoms with Crippen molar-refractivity contribution in [1.82, 2.24) is 20.2 Å². The number of nitrogen functional groups attached to an aromatic ring is 1. The Bertz CT molecular complexity index is 731. The van der Waals surface area contributed by atoms with Gasteiger partial charge in [-0.15, -0.1) is 0 Å². The van der Waals surface area contributed by atoms with E-state index in [0.29, 0.717) is 5.65 Å². The quantitative estimate of drug-likeness (QED) is 0.762. The average molecular weight is 268 g/mol. The molecule has 0 saturated carbocycles. The molecule has 3 N–H and O–H groups in total. The molecule has 6 heteroatoms. The minimum Gasteiger partial charge on any atom is -0.368 e. The van der Waals surface area contributed by atoms with Crippen molar-refractivity contribution >= 4 is 28.5 Å². The first-order chi connectivity index (χ1) is 9.69. The van der Waals surface area contributed by atoms with Gasteiger partial charge in [0.2, 0.25) is 5.95 Å². The first-order valence-electron chi connectivity index (χ1n) is 6.50. The highest BCUT2D eigenvalue weighted by atomic mass is 15.2. The van der Waals surface area contributed by atoms with E-state index >= 15 is 0 Å². The number of nitrogens with two attached hydrogens (primary N) is 1. The van der Waals surface area contributed by atoms with Gasteiger partial charge in [0.1, 0.15) is 5.82 Å². The van der Waals surface area contributed by atoms with Gasteiger partial charge in [0.05, 0.1) is 11.6 Å². The van der Waals surface area contributed by atoms with Gasteiger partial charge in [0, 0.05) is 12.2 Å². The van der Waals surface area contributed by atoms with E-state index in [9.17, 15) is 0 Å². The summed E-state index contributed by atoms with van der Waals surface area (Å²) >= 11 is 0. The third kappa shape index (κ3) is 2.05. The van der Waals surface area contributed by atoms with Crippen LogP contribution in [0.25, 0.3) is 11.0 Å². The van der Waals surface area contributed by atoms with Gasteiger partial charge in [-0.25, -0.2) is 0 Å². The molecule has 0 amide bonds. The molecular weight excluding hydrogens is 252 g/mol. The van der Waals surface area contributed by atoms with Crippen LogP contribution in [0.2, 0.25) is 0 Å². The molecule has 0 radical (unpaired) electrons. The Balaban J connectivity index is 2.16. The van der Waals surface area contributed by atoms with Crippen molar-refractivity contribution in [1.29, 1.82) is 0 Å². The van der Waals surface area contributed by atoms with Gasteiger partial charge in [0.25, 0.3) is 0 Å². The van der Waals surface area contributed by atoms with Crippen LogP contribution in [0.1, 0.15) is 12.5 Å². The van der Waals surface area contributed by atoms with Crippen molar-refractivity contribution in [2.24, 2.45) is 0 Å². The van der Waals surface area contributed by atoms with Crippen molar-refractivity contribution in [2.45, 2.75) is 13.8 Å². The molecule has 0 saturated heterocycles. The summed E-state index contributed by atoms with van der Waals surface area (Å²) in [5, 5.41) is 7.71. The summed E-state index contributed by atoms with van der Waals surface area (Å²) in [5.41, 5.74) is 8.72. The molecular formula is C14H16N6. The number of fused-ring (bicyclic) bond motifs is 1. The van der Waals surface area contributed by atoms with Gasteiger partial charge in [-0.3, -0.25) is 5.10 Å². The molecule has 0 bridgehead atoms. The number of aryl methyl sites for hydroxylation is 1. The lowest BCUT2D eigenvalue weighted by Crippen LogP contribution is -2.18. The Hall–Kier alpha value is -2.63. The van der Waals surface area contributed by atoms with Crippen LogP contribution in [0.4, 0.5) is 17.5 Å². The van der Waals surface area contributed by atoms with E-state index in [-0.39, 0.29) is 5.95 Å². The largest absolute Gasteiger partial charge is 0.368 e. The van der Waals surface area contributed by atoms with Crippen LogP contribution in [0.15, 0.2) is 30.5 Å². The Morgan fingerprint density at radius 1 is 1.20 bits per heavy atom. The van der Waals surface area contributed by atoms with Crippen molar-refractivity contribution in [3.63, 3.8) is 0 Å². The number of nitrogens with zero attached hydrogens (tertiary/aromatic N) is 4. The van der Waals surface area contributed by atoms with E-state index < -0.39 is 0 Å². The van der Waals surface area contributed by atoms with Gasteiger partial charge in [0.15, 0.2) is 5.65 Å². The zero-order chi connectivity index (χ0) is 14.1. The number of benzene rings is 1. The van der Waals surface area contributed by atoms with E-state index in [0.717, 1.165) is 23.4 Å². The second kappa shape index (κ2) is 4.80. The third-order valence-corrected chi connectivity index (χ3v) is 3.22. The van der Waals surface area contributed by atoms with Crippen LogP contribution in [0, 0.1) is 6.92 Å². The second-order valence-electron chi connectivity index (χ2n) is 4.62. The zero-order valence-electron chi connectivity index (χ0n) is 11.5. The van der Waals surface area contributed by atoms with Crippen LogP contribution in [0.5, 0.6) is 0 Å². The van der Waals surface area contributed by atoms with Crippen molar-refractivity contribution in [2.75, 3.05) is 17.2 Å². The summed E-state index contributed by atoms with van der Waals surface area (Å²) in [7, 11) is 0. The highest BCUT2D eigenvalue weighted by molar-refractivity contribution is 5.89. The number of hydrogen-bond donors (Lipinski definition) is 2. The maximum absolute atomic E-state index is 5.78. The lowest BCUT2D eigenvalue weighted by Gasteiger charge is -2.22. The smallest absolute Gasteiger partial charge is 0.224 e. The molecule has 0 unspecified atom stereocenters. The van der Waals surface area contributed by atoms with Crippen molar-refractivity contribution in [3.05, 3.63) is 36.0 Å². The molecule has 2 aromatic heterocycles. The van der Waals surface area contributed by atoms with Crippen LogP contribution >= 0.6 is 0 Å². The highest BCUT2D eigenvalue weighted by Gasteiger charge is 2.15. The van der Waals surface area contributed by atoms with Crippen LogP contribution in [0.3, 0.4) is 0 Å². The van der Waals surface area contributed by atoms with Gasteiger partial charge in [-0.2, -0.15) is 15.1 Å². The third-order valence-electron chi connectivity index (χ3n) is 3.22. The topological polar surface area (TPSA) is 83.7 Å². The van der Waals surface area contributed by atoms with E-state index in [1.54, 1.807) is 6.20 Å². The molecule has 0 spiro atoms. The minimum atomic E-state index is 0.238. The molecule has 0 aliphatic carbocycles. The standard InChI is InChI=1S/C14H16N6/c1-3-20(10-6-4-9(2)5-7-10)13-11-8-16-19-12(11)17-14(15)18-13/h4-8H,3H2,1-2H3,(H3,15,16,17,18,19). The molecule has 0 atom stereocenters. The van der Waals surface area contributed by atoms with Crippen molar-refractivity contribution in [3.8, 4) is 0 Å².